The van der Waals surface area contributed by atoms with E-state index in [9.17, 15) is 8.42 Å². The van der Waals surface area contributed by atoms with Crippen LogP contribution in [0.25, 0.3) is 5.69 Å². The predicted molar refractivity (Wildman–Crippen MR) is 157 cm³/mol. The largest absolute Gasteiger partial charge is 0.494 e. The second-order valence-electron chi connectivity index (χ2n) is 9.58. The van der Waals surface area contributed by atoms with Crippen molar-refractivity contribution >= 4 is 22.2 Å². The molecule has 2 aromatic heterocycles. The van der Waals surface area contributed by atoms with Crippen molar-refractivity contribution in [3.05, 3.63) is 59.4 Å². The number of methoxy groups -OCH3 is 3. The van der Waals surface area contributed by atoms with E-state index >= 15 is 0 Å². The van der Waals surface area contributed by atoms with E-state index in [1.807, 2.05) is 20.0 Å². The van der Waals surface area contributed by atoms with Crippen LogP contribution in [-0.4, -0.2) is 85.4 Å². The molecule has 0 fully saturated rings. The minimum Gasteiger partial charge on any atom is -0.494 e. The van der Waals surface area contributed by atoms with E-state index in [2.05, 4.69) is 24.5 Å². The topological polar surface area (TPSA) is 148 Å². The van der Waals surface area contributed by atoms with Crippen LogP contribution >= 0.6 is 0 Å². The third-order valence-corrected chi connectivity index (χ3v) is 8.05. The van der Waals surface area contributed by atoms with Crippen LogP contribution < -0.4 is 20.0 Å². The highest BCUT2D eigenvalue weighted by atomic mass is 32.2. The van der Waals surface area contributed by atoms with Gasteiger partial charge in [0.1, 0.15) is 35.2 Å². The van der Waals surface area contributed by atoms with Gasteiger partial charge in [0, 0.05) is 39.0 Å². The number of sulfonamides is 1. The molecule has 15 heteroatoms. The standard InChI is InChI=1S/C27H36N8O6S/c1-18-14-29-25(30-15-18)24(41-12-11-38-5)20(3)42(36,37)32-27-33(4)31-26(34-16-19(2)13-28-17-34)35(27)23-21(39-6)9-8-10-22(23)40-7/h8-10,13-16,20,24H,11-12,17H2,1-7H3/b32-27+/t20-,24-/m1/s1. The Morgan fingerprint density at radius 1 is 1.05 bits per heavy atom. The third kappa shape index (κ3) is 6.53. The summed E-state index contributed by atoms with van der Waals surface area (Å²) in [6, 6.07) is 5.25. The summed E-state index contributed by atoms with van der Waals surface area (Å²) < 4.78 is 57.6. The zero-order chi connectivity index (χ0) is 30.4. The lowest BCUT2D eigenvalue weighted by atomic mass is 10.2. The van der Waals surface area contributed by atoms with E-state index < -0.39 is 21.4 Å². The molecule has 2 atom stereocenters. The summed E-state index contributed by atoms with van der Waals surface area (Å²) >= 11 is 0. The van der Waals surface area contributed by atoms with Crippen molar-refractivity contribution < 1.29 is 27.4 Å². The number of allylic oxidation sites excluding steroid dienone is 1. The van der Waals surface area contributed by atoms with Crippen molar-refractivity contribution in [1.82, 2.24) is 24.3 Å². The predicted octanol–water partition coefficient (Wildman–Crippen LogP) is 2.10. The van der Waals surface area contributed by atoms with Crippen molar-refractivity contribution in [2.24, 2.45) is 16.4 Å². The molecule has 1 aliphatic rings. The number of hydrogen-bond donors (Lipinski definition) is 0. The minimum atomic E-state index is -4.28. The van der Waals surface area contributed by atoms with Crippen LogP contribution in [0.15, 0.2) is 51.8 Å². The van der Waals surface area contributed by atoms with Gasteiger partial charge in [-0.25, -0.2) is 27.6 Å². The molecule has 0 unspecified atom stereocenters. The Morgan fingerprint density at radius 3 is 2.31 bits per heavy atom. The molecule has 0 saturated carbocycles. The summed E-state index contributed by atoms with van der Waals surface area (Å²) in [6.07, 6.45) is 5.82. The maximum Gasteiger partial charge on any atom is 0.262 e. The zero-order valence-corrected chi connectivity index (χ0v) is 25.6. The van der Waals surface area contributed by atoms with E-state index in [4.69, 9.17) is 18.9 Å². The zero-order valence-electron chi connectivity index (χ0n) is 24.8. The Hall–Kier alpha value is -4.08. The van der Waals surface area contributed by atoms with Crippen LogP contribution in [0.1, 0.15) is 31.3 Å². The van der Waals surface area contributed by atoms with E-state index in [0.29, 0.717) is 23.1 Å². The summed E-state index contributed by atoms with van der Waals surface area (Å²) in [6.45, 7) is 5.91. The van der Waals surface area contributed by atoms with Gasteiger partial charge in [-0.05, 0) is 44.0 Å². The first-order chi connectivity index (χ1) is 20.1. The maximum absolute atomic E-state index is 14.0. The van der Waals surface area contributed by atoms with Crippen LogP contribution in [0.4, 0.5) is 5.95 Å². The highest BCUT2D eigenvalue weighted by Crippen LogP contribution is 2.34. The first kappa shape index (κ1) is 30.9. The van der Waals surface area contributed by atoms with Crippen LogP contribution in [0.5, 0.6) is 11.5 Å². The van der Waals surface area contributed by atoms with Crippen LogP contribution in [0, 0.1) is 6.92 Å². The van der Waals surface area contributed by atoms with Gasteiger partial charge in [0.15, 0.2) is 5.82 Å². The third-order valence-electron chi connectivity index (χ3n) is 6.44. The van der Waals surface area contributed by atoms with Gasteiger partial charge in [0.25, 0.3) is 10.0 Å². The highest BCUT2D eigenvalue weighted by Gasteiger charge is 2.34. The van der Waals surface area contributed by atoms with Gasteiger partial charge in [-0.3, -0.25) is 9.89 Å². The number of para-hydroxylation sites is 1. The van der Waals surface area contributed by atoms with E-state index in [-0.39, 0.29) is 31.3 Å². The molecule has 3 aromatic rings. The second kappa shape index (κ2) is 13.3. The number of aromatic nitrogens is 5. The smallest absolute Gasteiger partial charge is 0.262 e. The molecule has 0 bridgehead atoms. The average molecular weight is 601 g/mol. The van der Waals surface area contributed by atoms with Gasteiger partial charge in [0.05, 0.1) is 27.4 Å². The van der Waals surface area contributed by atoms with Crippen molar-refractivity contribution in [2.45, 2.75) is 32.1 Å². The average Bonchev–Trinajstić information content (AvgIpc) is 3.29. The monoisotopic (exact) mass is 600 g/mol. The Labute approximate surface area is 245 Å². The Morgan fingerprint density at radius 2 is 1.71 bits per heavy atom. The fourth-order valence-corrected chi connectivity index (χ4v) is 5.40. The number of benzene rings is 1. The van der Waals surface area contributed by atoms with Gasteiger partial charge in [0.2, 0.25) is 11.6 Å². The molecule has 0 N–H and O–H groups in total. The van der Waals surface area contributed by atoms with Crippen LogP contribution in [0.3, 0.4) is 0 Å². The lowest BCUT2D eigenvalue weighted by Crippen LogP contribution is -2.33. The summed E-state index contributed by atoms with van der Waals surface area (Å²) in [4.78, 5) is 14.8. The second-order valence-corrected chi connectivity index (χ2v) is 11.5. The molecule has 226 valence electrons. The number of aliphatic imine (C=N–C) groups is 1. The SMILES string of the molecule is COCCO[C@@H](c1ncc(C)cn1)[C@@H](C)S(=O)(=O)/N=c1\n(C)nc(N2C=C(C)C=NC2)n1-c1c(OC)cccc1OC. The quantitative estimate of drug-likeness (QED) is 0.283. The normalized spacial score (nSPS) is 15.5. The van der Waals surface area contributed by atoms with Crippen molar-refractivity contribution in [1.29, 1.82) is 0 Å². The minimum absolute atomic E-state index is 0.000669. The molecule has 4 rings (SSSR count). The first-order valence-electron chi connectivity index (χ1n) is 13.1. The molecular formula is C27H36N8O6S. The molecule has 0 saturated heterocycles. The number of nitrogens with zero attached hydrogens (tertiary/aromatic N) is 8. The highest BCUT2D eigenvalue weighted by molar-refractivity contribution is 7.90. The number of aryl methyl sites for hydroxylation is 2. The summed E-state index contributed by atoms with van der Waals surface area (Å²) in [5.74, 6) is 1.42. The van der Waals surface area contributed by atoms with Gasteiger partial charge in [-0.2, -0.15) is 0 Å². The van der Waals surface area contributed by atoms with Crippen LogP contribution in [-0.2, 0) is 26.5 Å². The molecule has 0 radical (unpaired) electrons. The number of rotatable bonds is 12. The van der Waals surface area contributed by atoms with Gasteiger partial charge in [-0.1, -0.05) is 6.07 Å². The summed E-state index contributed by atoms with van der Waals surface area (Å²) in [7, 11) is 1.90. The van der Waals surface area contributed by atoms with Crippen LogP contribution in [0.2, 0.25) is 0 Å². The molecule has 1 aliphatic heterocycles. The Bertz CT molecular complexity index is 1610. The van der Waals surface area contributed by atoms with Crippen molar-refractivity contribution in [3.63, 3.8) is 0 Å². The Kier molecular flexibility index (Phi) is 9.75. The molecule has 42 heavy (non-hydrogen) atoms. The van der Waals surface area contributed by atoms with Gasteiger partial charge >= 0.3 is 0 Å². The molecule has 14 nitrogen and oxygen atoms in total. The summed E-state index contributed by atoms with van der Waals surface area (Å²) in [5.41, 5.74) is 2.14. The first-order valence-corrected chi connectivity index (χ1v) is 14.6. The van der Waals surface area contributed by atoms with Crippen molar-refractivity contribution in [3.8, 4) is 17.2 Å². The number of ether oxygens (including phenoxy) is 4. The van der Waals surface area contributed by atoms with Gasteiger partial charge < -0.3 is 18.9 Å². The van der Waals surface area contributed by atoms with E-state index in [1.165, 1.54) is 32.9 Å². The molecule has 0 amide bonds. The lowest BCUT2D eigenvalue weighted by molar-refractivity contribution is 0.0118. The number of hydrogen-bond acceptors (Lipinski definition) is 11. The van der Waals surface area contributed by atoms with E-state index in [0.717, 1.165) is 11.1 Å². The molecular weight excluding hydrogens is 564 g/mol. The molecule has 1 aromatic carbocycles. The summed E-state index contributed by atoms with van der Waals surface area (Å²) in [5, 5.41) is 3.48. The maximum atomic E-state index is 14.0. The van der Waals surface area contributed by atoms with E-state index in [1.54, 1.807) is 53.3 Å². The number of anilines is 1. The van der Waals surface area contributed by atoms with Gasteiger partial charge in [-0.15, -0.1) is 9.50 Å². The lowest BCUT2D eigenvalue weighted by Gasteiger charge is -2.23. The molecule has 0 spiro atoms. The van der Waals surface area contributed by atoms with Crippen molar-refractivity contribution in [2.75, 3.05) is 46.1 Å². The fourth-order valence-electron chi connectivity index (χ4n) is 4.29. The fraction of sp³-hybridized carbons (Fsp3) is 0.444. The molecule has 3 heterocycles. The Balaban J connectivity index is 1.93. The molecule has 0 aliphatic carbocycles.